The van der Waals surface area contributed by atoms with Gasteiger partial charge in [0.05, 0.1) is 11.0 Å². The molecule has 0 radical (unpaired) electrons. The van der Waals surface area contributed by atoms with E-state index in [1.54, 1.807) is 5.38 Å². The lowest BCUT2D eigenvalue weighted by Crippen LogP contribution is -2.27. The van der Waals surface area contributed by atoms with Gasteiger partial charge in [-0.15, -0.1) is 23.7 Å². The normalized spacial score (nSPS) is 16.1. The van der Waals surface area contributed by atoms with E-state index in [2.05, 4.69) is 22.4 Å². The van der Waals surface area contributed by atoms with Crippen LogP contribution in [0, 0.1) is 0 Å². The highest BCUT2D eigenvalue weighted by Gasteiger charge is 2.24. The number of amides is 1. The van der Waals surface area contributed by atoms with E-state index in [1.165, 1.54) is 22.5 Å². The Morgan fingerprint density at radius 1 is 1.43 bits per heavy atom. The lowest BCUT2D eigenvalue weighted by molar-refractivity contribution is 0.0932. The summed E-state index contributed by atoms with van der Waals surface area (Å²) in [6, 6.07) is 8.39. The number of hydrogen-bond donors (Lipinski definition) is 2. The Morgan fingerprint density at radius 2 is 2.24 bits per heavy atom. The van der Waals surface area contributed by atoms with Gasteiger partial charge < -0.3 is 11.1 Å². The molecule has 0 saturated carbocycles. The molecule has 0 spiro atoms. The van der Waals surface area contributed by atoms with Crippen LogP contribution < -0.4 is 11.1 Å². The Labute approximate surface area is 134 Å². The molecule has 0 bridgehead atoms. The Hall–Kier alpha value is -1.43. The highest BCUT2D eigenvalue weighted by Crippen LogP contribution is 2.30. The first-order valence-corrected chi connectivity index (χ1v) is 7.69. The van der Waals surface area contributed by atoms with Crippen LogP contribution >= 0.6 is 23.7 Å². The third-order valence-electron chi connectivity index (χ3n) is 3.58. The van der Waals surface area contributed by atoms with Crippen molar-refractivity contribution in [1.29, 1.82) is 0 Å². The molecule has 3 N–H and O–H groups in total. The smallest absolute Gasteiger partial charge is 0.271 e. The van der Waals surface area contributed by atoms with E-state index in [9.17, 15) is 4.79 Å². The van der Waals surface area contributed by atoms with Crippen LogP contribution in [-0.4, -0.2) is 17.4 Å². The minimum atomic E-state index is -0.0915. The zero-order valence-corrected chi connectivity index (χ0v) is 13.2. The van der Waals surface area contributed by atoms with Crippen LogP contribution in [0.4, 0.5) is 0 Å². The molecule has 1 aliphatic carbocycles. The van der Waals surface area contributed by atoms with Gasteiger partial charge in [0, 0.05) is 11.8 Å². The summed E-state index contributed by atoms with van der Waals surface area (Å²) >= 11 is 1.49. The molecular weight excluding hydrogens is 306 g/mol. The van der Waals surface area contributed by atoms with Crippen molar-refractivity contribution in [3.05, 3.63) is 51.5 Å². The first kappa shape index (κ1) is 15.9. The number of nitrogens with one attached hydrogen (secondary N) is 1. The molecule has 3 rings (SSSR count). The van der Waals surface area contributed by atoms with Crippen LogP contribution in [0.3, 0.4) is 0 Å². The molecule has 1 amide bonds. The number of aryl methyl sites for hydroxylation is 1. The molecule has 0 saturated heterocycles. The van der Waals surface area contributed by atoms with Gasteiger partial charge in [0.2, 0.25) is 0 Å². The summed E-state index contributed by atoms with van der Waals surface area (Å²) in [6.45, 7) is 0.560. The van der Waals surface area contributed by atoms with Gasteiger partial charge in [0.15, 0.2) is 0 Å². The van der Waals surface area contributed by atoms with E-state index in [0.29, 0.717) is 12.2 Å². The minimum Gasteiger partial charge on any atom is -0.344 e. The van der Waals surface area contributed by atoms with E-state index < -0.39 is 0 Å². The van der Waals surface area contributed by atoms with Crippen molar-refractivity contribution in [3.63, 3.8) is 0 Å². The van der Waals surface area contributed by atoms with Crippen LogP contribution in [0.1, 0.15) is 39.1 Å². The topological polar surface area (TPSA) is 68.0 Å². The number of thiazole rings is 1. The Morgan fingerprint density at radius 3 is 3.05 bits per heavy atom. The fourth-order valence-corrected chi connectivity index (χ4v) is 3.39. The molecular formula is C15H18ClN3OS. The molecule has 6 heteroatoms. The number of fused-ring (bicyclic) bond motifs is 1. The summed E-state index contributed by atoms with van der Waals surface area (Å²) in [4.78, 5) is 16.6. The first-order chi connectivity index (χ1) is 9.78. The highest BCUT2D eigenvalue weighted by molar-refractivity contribution is 7.09. The quantitative estimate of drug-likeness (QED) is 0.908. The molecule has 1 heterocycles. The van der Waals surface area contributed by atoms with E-state index in [4.69, 9.17) is 5.73 Å². The molecule has 1 atom stereocenters. The van der Waals surface area contributed by atoms with Crippen LogP contribution in [-0.2, 0) is 12.8 Å². The molecule has 1 unspecified atom stereocenters. The fraction of sp³-hybridized carbons (Fsp3) is 0.333. The van der Waals surface area contributed by atoms with Crippen molar-refractivity contribution >= 4 is 29.7 Å². The van der Waals surface area contributed by atoms with Crippen LogP contribution in [0.25, 0.3) is 0 Å². The van der Waals surface area contributed by atoms with Crippen LogP contribution in [0.2, 0.25) is 0 Å². The Balaban J connectivity index is 0.00000161. The predicted octanol–water partition coefficient (Wildman–Crippen LogP) is 2.48. The number of nitrogens with two attached hydrogens (primary N) is 1. The summed E-state index contributed by atoms with van der Waals surface area (Å²) in [6.07, 6.45) is 2.71. The van der Waals surface area contributed by atoms with Gasteiger partial charge >= 0.3 is 0 Å². The summed E-state index contributed by atoms with van der Waals surface area (Å²) in [5.41, 5.74) is 8.57. The second-order valence-electron chi connectivity index (χ2n) is 4.93. The Bertz CT molecular complexity index is 629. The van der Waals surface area contributed by atoms with E-state index in [-0.39, 0.29) is 24.4 Å². The van der Waals surface area contributed by atoms with Gasteiger partial charge in [-0.25, -0.2) is 4.98 Å². The van der Waals surface area contributed by atoms with Gasteiger partial charge in [-0.05, 0) is 30.5 Å². The molecule has 21 heavy (non-hydrogen) atoms. The molecule has 0 aliphatic heterocycles. The van der Waals surface area contributed by atoms with Crippen LogP contribution in [0.15, 0.2) is 29.6 Å². The van der Waals surface area contributed by atoms with Crippen molar-refractivity contribution < 1.29 is 4.79 Å². The number of nitrogens with zero attached hydrogens (tertiary/aromatic N) is 1. The third-order valence-corrected chi connectivity index (χ3v) is 4.49. The van der Waals surface area contributed by atoms with Gasteiger partial charge in [-0.3, -0.25) is 4.79 Å². The van der Waals surface area contributed by atoms with Crippen molar-refractivity contribution in [2.75, 3.05) is 6.54 Å². The molecule has 2 aromatic rings. The van der Waals surface area contributed by atoms with Crippen molar-refractivity contribution in [2.24, 2.45) is 5.73 Å². The lowest BCUT2D eigenvalue weighted by Gasteiger charge is -2.12. The van der Waals surface area contributed by atoms with Crippen molar-refractivity contribution in [2.45, 2.75) is 25.3 Å². The van der Waals surface area contributed by atoms with Crippen LogP contribution in [0.5, 0.6) is 0 Å². The van der Waals surface area contributed by atoms with Gasteiger partial charge in [-0.2, -0.15) is 0 Å². The van der Waals surface area contributed by atoms with E-state index >= 15 is 0 Å². The SMILES string of the molecule is Cl.NCCc1nc(C(=O)NC2CCc3ccccc32)cs1. The number of carbonyl (C=O) groups is 1. The first-order valence-electron chi connectivity index (χ1n) is 6.81. The summed E-state index contributed by atoms with van der Waals surface area (Å²) in [5, 5.41) is 5.81. The molecule has 4 nitrogen and oxygen atoms in total. The lowest BCUT2D eigenvalue weighted by atomic mass is 10.1. The number of aromatic nitrogens is 1. The van der Waals surface area contributed by atoms with Crippen molar-refractivity contribution in [1.82, 2.24) is 10.3 Å². The molecule has 1 aromatic carbocycles. The second-order valence-corrected chi connectivity index (χ2v) is 5.87. The standard InChI is InChI=1S/C15H17N3OS.ClH/c16-8-7-14-17-13(9-20-14)15(19)18-12-6-5-10-3-1-2-4-11(10)12;/h1-4,9,12H,5-8,16H2,(H,18,19);1H. The number of hydrogen-bond acceptors (Lipinski definition) is 4. The molecule has 1 aliphatic rings. The van der Waals surface area contributed by atoms with Gasteiger partial charge in [0.25, 0.3) is 5.91 Å². The third kappa shape index (κ3) is 3.43. The second kappa shape index (κ2) is 7.02. The summed E-state index contributed by atoms with van der Waals surface area (Å²) in [7, 11) is 0. The number of benzene rings is 1. The molecule has 112 valence electrons. The minimum absolute atomic E-state index is 0. The largest absolute Gasteiger partial charge is 0.344 e. The maximum Gasteiger partial charge on any atom is 0.271 e. The van der Waals surface area contributed by atoms with Crippen molar-refractivity contribution in [3.8, 4) is 0 Å². The average molecular weight is 324 g/mol. The predicted molar refractivity (Wildman–Crippen MR) is 87.1 cm³/mol. The summed E-state index contributed by atoms with van der Waals surface area (Å²) in [5.74, 6) is -0.0915. The zero-order chi connectivity index (χ0) is 13.9. The fourth-order valence-electron chi connectivity index (χ4n) is 2.59. The molecule has 0 fully saturated rings. The number of halogens is 1. The maximum atomic E-state index is 12.2. The number of carbonyl (C=O) groups excluding carboxylic acids is 1. The highest BCUT2D eigenvalue weighted by atomic mass is 35.5. The van der Waals surface area contributed by atoms with E-state index in [1.807, 2.05) is 12.1 Å². The van der Waals surface area contributed by atoms with Gasteiger partial charge in [-0.1, -0.05) is 24.3 Å². The maximum absolute atomic E-state index is 12.2. The zero-order valence-electron chi connectivity index (χ0n) is 11.5. The Kier molecular flexibility index (Phi) is 5.33. The van der Waals surface area contributed by atoms with E-state index in [0.717, 1.165) is 24.3 Å². The monoisotopic (exact) mass is 323 g/mol. The average Bonchev–Trinajstić information content (AvgIpc) is 3.07. The van der Waals surface area contributed by atoms with Gasteiger partial charge in [0.1, 0.15) is 5.69 Å². The summed E-state index contributed by atoms with van der Waals surface area (Å²) < 4.78 is 0. The number of rotatable bonds is 4. The molecule has 1 aromatic heterocycles.